The van der Waals surface area contributed by atoms with Crippen LogP contribution in [0.4, 0.5) is 5.69 Å². The summed E-state index contributed by atoms with van der Waals surface area (Å²) < 4.78 is 0. The Kier molecular flexibility index (Phi) is 3.18. The zero-order valence-electron chi connectivity index (χ0n) is 11.6. The number of amides is 1. The van der Waals surface area contributed by atoms with E-state index in [1.807, 2.05) is 37.3 Å². The minimum atomic E-state index is -0.363. The number of carbonyl (C=O) groups excluding carboxylic acids is 1. The molecule has 0 atom stereocenters. The third-order valence-corrected chi connectivity index (χ3v) is 4.28. The minimum absolute atomic E-state index is 0.0435. The van der Waals surface area contributed by atoms with Crippen LogP contribution in [0.15, 0.2) is 30.3 Å². The summed E-state index contributed by atoms with van der Waals surface area (Å²) in [6.45, 7) is 2.35. The second kappa shape index (κ2) is 4.87. The molecule has 0 saturated heterocycles. The molecular weight excluding hydrogens is 250 g/mol. The van der Waals surface area contributed by atoms with Gasteiger partial charge in [-0.15, -0.1) is 0 Å². The first kappa shape index (κ1) is 13.1. The number of hydrogen-bond donors (Lipinski definition) is 2. The Morgan fingerprint density at radius 1 is 1.40 bits per heavy atom. The van der Waals surface area contributed by atoms with Gasteiger partial charge >= 0.3 is 0 Å². The second-order valence-electron chi connectivity index (χ2n) is 5.62. The summed E-state index contributed by atoms with van der Waals surface area (Å²) in [5.41, 5.74) is 8.06. The average Bonchev–Trinajstić information content (AvgIpc) is 2.38. The maximum Gasteiger partial charge on any atom is 0.231 e. The highest BCUT2D eigenvalue weighted by atomic mass is 16.2. The molecule has 0 radical (unpaired) electrons. The Balaban J connectivity index is 1.96. The molecule has 1 aromatic carbocycles. The molecule has 0 unspecified atom stereocenters. The van der Waals surface area contributed by atoms with E-state index in [9.17, 15) is 4.79 Å². The topological polar surface area (TPSA) is 68.0 Å². The van der Waals surface area contributed by atoms with Gasteiger partial charge in [0.15, 0.2) is 0 Å². The molecule has 2 aromatic rings. The largest absolute Gasteiger partial charge is 0.329 e. The molecule has 3 N–H and O–H groups in total. The Morgan fingerprint density at radius 3 is 2.80 bits per heavy atom. The van der Waals surface area contributed by atoms with Crippen molar-refractivity contribution in [2.24, 2.45) is 11.1 Å². The quantitative estimate of drug-likeness (QED) is 0.900. The van der Waals surface area contributed by atoms with Crippen LogP contribution in [0.25, 0.3) is 10.9 Å². The van der Waals surface area contributed by atoms with Gasteiger partial charge in [0.25, 0.3) is 0 Å². The second-order valence-corrected chi connectivity index (χ2v) is 5.62. The smallest absolute Gasteiger partial charge is 0.231 e. The highest BCUT2D eigenvalue weighted by Crippen LogP contribution is 2.41. The molecule has 1 amide bonds. The van der Waals surface area contributed by atoms with Gasteiger partial charge in [0.1, 0.15) is 0 Å². The van der Waals surface area contributed by atoms with E-state index < -0.39 is 0 Å². The minimum Gasteiger partial charge on any atom is -0.329 e. The molecule has 1 fully saturated rings. The third-order valence-electron chi connectivity index (χ3n) is 4.28. The first-order valence-corrected chi connectivity index (χ1v) is 7.02. The fraction of sp³-hybridized carbons (Fsp3) is 0.375. The van der Waals surface area contributed by atoms with Crippen molar-refractivity contribution in [2.75, 3.05) is 11.9 Å². The van der Waals surface area contributed by atoms with Crippen LogP contribution in [0.1, 0.15) is 25.0 Å². The summed E-state index contributed by atoms with van der Waals surface area (Å²) in [5.74, 6) is 0.0435. The van der Waals surface area contributed by atoms with Crippen LogP contribution < -0.4 is 11.1 Å². The highest BCUT2D eigenvalue weighted by molar-refractivity contribution is 6.03. The number of nitrogens with zero attached hydrogens (tertiary/aromatic N) is 1. The predicted molar refractivity (Wildman–Crippen MR) is 80.4 cm³/mol. The molecule has 1 aliphatic carbocycles. The highest BCUT2D eigenvalue weighted by Gasteiger charge is 2.42. The number of anilines is 1. The molecule has 1 aliphatic rings. The van der Waals surface area contributed by atoms with Gasteiger partial charge in [-0.25, -0.2) is 0 Å². The van der Waals surface area contributed by atoms with E-state index in [4.69, 9.17) is 5.73 Å². The van der Waals surface area contributed by atoms with Crippen LogP contribution in [-0.4, -0.2) is 17.4 Å². The number of pyridine rings is 1. The first-order chi connectivity index (χ1) is 9.64. The van der Waals surface area contributed by atoms with Crippen LogP contribution in [0.2, 0.25) is 0 Å². The monoisotopic (exact) mass is 269 g/mol. The molecule has 20 heavy (non-hydrogen) atoms. The number of para-hydroxylation sites is 1. The van der Waals surface area contributed by atoms with Crippen LogP contribution in [0.5, 0.6) is 0 Å². The fourth-order valence-corrected chi connectivity index (χ4v) is 2.79. The lowest BCUT2D eigenvalue weighted by Crippen LogP contribution is -2.47. The van der Waals surface area contributed by atoms with Crippen LogP contribution in [-0.2, 0) is 4.79 Å². The van der Waals surface area contributed by atoms with Crippen molar-refractivity contribution in [2.45, 2.75) is 26.2 Å². The standard InChI is InChI=1S/C16H19N3O/c1-11-9-14(12-5-2-3-6-13(12)18-11)19-15(20)16(10-17)7-4-8-16/h2-3,5-6,9H,4,7-8,10,17H2,1H3,(H,18,19,20). The number of nitrogens with one attached hydrogen (secondary N) is 1. The first-order valence-electron chi connectivity index (χ1n) is 7.02. The van der Waals surface area contributed by atoms with Gasteiger partial charge in [0.05, 0.1) is 16.6 Å². The SMILES string of the molecule is Cc1cc(NC(=O)C2(CN)CCC2)c2ccccc2n1. The van der Waals surface area contributed by atoms with Gasteiger partial charge in [-0.2, -0.15) is 0 Å². The fourth-order valence-electron chi connectivity index (χ4n) is 2.79. The van der Waals surface area contributed by atoms with Gasteiger partial charge in [0.2, 0.25) is 5.91 Å². The van der Waals surface area contributed by atoms with E-state index in [1.165, 1.54) is 0 Å². The lowest BCUT2D eigenvalue weighted by atomic mass is 9.68. The van der Waals surface area contributed by atoms with Gasteiger partial charge in [-0.05, 0) is 31.9 Å². The van der Waals surface area contributed by atoms with Gasteiger partial charge in [-0.3, -0.25) is 9.78 Å². The maximum atomic E-state index is 12.5. The summed E-state index contributed by atoms with van der Waals surface area (Å²) >= 11 is 0. The molecule has 0 aliphatic heterocycles. The number of hydrogen-bond acceptors (Lipinski definition) is 3. The molecule has 1 aromatic heterocycles. The summed E-state index contributed by atoms with van der Waals surface area (Å²) in [6.07, 6.45) is 2.86. The number of aromatic nitrogens is 1. The van der Waals surface area contributed by atoms with Crippen LogP contribution >= 0.6 is 0 Å². The van der Waals surface area contributed by atoms with Crippen molar-refractivity contribution in [1.82, 2.24) is 4.98 Å². The van der Waals surface area contributed by atoms with Crippen molar-refractivity contribution in [3.05, 3.63) is 36.0 Å². The molecule has 0 bridgehead atoms. The summed E-state index contributed by atoms with van der Waals surface area (Å²) in [6, 6.07) is 9.77. The molecule has 3 rings (SSSR count). The van der Waals surface area contributed by atoms with Gasteiger partial charge in [-0.1, -0.05) is 24.6 Å². The zero-order chi connectivity index (χ0) is 14.2. The molecule has 4 heteroatoms. The molecule has 1 heterocycles. The Bertz CT molecular complexity index is 656. The molecule has 1 saturated carbocycles. The van der Waals surface area contributed by atoms with E-state index in [0.717, 1.165) is 41.5 Å². The van der Waals surface area contributed by atoms with Gasteiger partial charge in [0, 0.05) is 17.6 Å². The summed E-state index contributed by atoms with van der Waals surface area (Å²) in [5, 5.41) is 4.03. The van der Waals surface area contributed by atoms with Crippen LogP contribution in [0.3, 0.4) is 0 Å². The van der Waals surface area contributed by atoms with Crippen molar-refractivity contribution >= 4 is 22.5 Å². The van der Waals surface area contributed by atoms with E-state index in [-0.39, 0.29) is 11.3 Å². The van der Waals surface area contributed by atoms with E-state index in [1.54, 1.807) is 0 Å². The molecular formula is C16H19N3O. The van der Waals surface area contributed by atoms with Crippen LogP contribution in [0, 0.1) is 12.3 Å². The van der Waals surface area contributed by atoms with E-state index in [2.05, 4.69) is 10.3 Å². The number of carbonyl (C=O) groups is 1. The lowest BCUT2D eigenvalue weighted by molar-refractivity contribution is -0.129. The maximum absolute atomic E-state index is 12.5. The zero-order valence-corrected chi connectivity index (χ0v) is 11.6. The molecule has 4 nitrogen and oxygen atoms in total. The number of rotatable bonds is 3. The normalized spacial score (nSPS) is 16.7. The average molecular weight is 269 g/mol. The Morgan fingerprint density at radius 2 is 2.15 bits per heavy atom. The summed E-state index contributed by atoms with van der Waals surface area (Å²) in [7, 11) is 0. The third kappa shape index (κ3) is 2.06. The van der Waals surface area contributed by atoms with E-state index >= 15 is 0 Å². The molecule has 104 valence electrons. The summed E-state index contributed by atoms with van der Waals surface area (Å²) in [4.78, 5) is 17.0. The van der Waals surface area contributed by atoms with Crippen molar-refractivity contribution in [3.8, 4) is 0 Å². The van der Waals surface area contributed by atoms with Crippen molar-refractivity contribution in [3.63, 3.8) is 0 Å². The number of benzene rings is 1. The Labute approximate surface area is 118 Å². The van der Waals surface area contributed by atoms with Crippen molar-refractivity contribution < 1.29 is 4.79 Å². The predicted octanol–water partition coefficient (Wildman–Crippen LogP) is 2.61. The van der Waals surface area contributed by atoms with E-state index in [0.29, 0.717) is 6.54 Å². The number of aryl methyl sites for hydroxylation is 1. The number of nitrogens with two attached hydrogens (primary N) is 1. The van der Waals surface area contributed by atoms with Gasteiger partial charge < -0.3 is 11.1 Å². The molecule has 0 spiro atoms. The number of fused-ring (bicyclic) bond motifs is 1. The lowest BCUT2D eigenvalue weighted by Gasteiger charge is -2.39. The Hall–Kier alpha value is -1.94. The van der Waals surface area contributed by atoms with Crippen molar-refractivity contribution in [1.29, 1.82) is 0 Å².